The van der Waals surface area contributed by atoms with E-state index in [1.807, 2.05) is 34.1 Å². The monoisotopic (exact) mass is 409 g/mol. The Morgan fingerprint density at radius 2 is 1.79 bits per heavy atom. The molecule has 28 heavy (non-hydrogen) atoms. The number of halogens is 4. The van der Waals surface area contributed by atoms with E-state index in [1.54, 1.807) is 0 Å². The maximum absolute atomic E-state index is 12.8. The lowest BCUT2D eigenvalue weighted by atomic mass is 10.1. The molecule has 4 nitrogen and oxygen atoms in total. The molecular formula is C20H19ClF3N3O. The number of alkyl halides is 3. The SMILES string of the molecule is O=C(C1CC1c1ccccc1Cl)N1CCN(c2ccc(C(F)(F)F)cn2)CC1. The van der Waals surface area contributed by atoms with E-state index in [9.17, 15) is 18.0 Å². The van der Waals surface area contributed by atoms with Crippen LogP contribution in [0.3, 0.4) is 0 Å². The Morgan fingerprint density at radius 1 is 1.07 bits per heavy atom. The van der Waals surface area contributed by atoms with E-state index in [2.05, 4.69) is 4.98 Å². The molecule has 1 amide bonds. The molecule has 148 valence electrons. The number of pyridine rings is 1. The molecule has 0 radical (unpaired) electrons. The largest absolute Gasteiger partial charge is 0.417 e. The van der Waals surface area contributed by atoms with Gasteiger partial charge in [0.15, 0.2) is 0 Å². The summed E-state index contributed by atoms with van der Waals surface area (Å²) in [7, 11) is 0. The Kier molecular flexibility index (Phi) is 4.95. The van der Waals surface area contributed by atoms with Crippen molar-refractivity contribution in [3.8, 4) is 0 Å². The van der Waals surface area contributed by atoms with Crippen LogP contribution >= 0.6 is 11.6 Å². The normalized spacial score (nSPS) is 22.3. The lowest BCUT2D eigenvalue weighted by Gasteiger charge is -2.35. The first-order chi connectivity index (χ1) is 13.3. The van der Waals surface area contributed by atoms with Crippen LogP contribution in [-0.2, 0) is 11.0 Å². The van der Waals surface area contributed by atoms with Gasteiger partial charge in [0.2, 0.25) is 5.91 Å². The number of hydrogen-bond donors (Lipinski definition) is 0. The van der Waals surface area contributed by atoms with Gasteiger partial charge in [-0.1, -0.05) is 29.8 Å². The number of carbonyl (C=O) groups excluding carboxylic acids is 1. The van der Waals surface area contributed by atoms with Crippen LogP contribution in [0.25, 0.3) is 0 Å². The van der Waals surface area contributed by atoms with Gasteiger partial charge in [0.05, 0.1) is 5.56 Å². The summed E-state index contributed by atoms with van der Waals surface area (Å²) in [5.41, 5.74) is 0.263. The summed E-state index contributed by atoms with van der Waals surface area (Å²) in [5, 5.41) is 0.695. The molecule has 8 heteroatoms. The number of amides is 1. The topological polar surface area (TPSA) is 36.4 Å². The standard InChI is InChI=1S/C20H19ClF3N3O/c21-17-4-2-1-3-14(17)15-11-16(15)19(28)27-9-7-26(8-10-27)18-6-5-13(12-25-18)20(22,23)24/h1-6,12,15-16H,7-11H2. The molecule has 4 rings (SSSR count). The molecule has 1 saturated carbocycles. The van der Waals surface area contributed by atoms with Crippen LogP contribution < -0.4 is 4.90 Å². The molecule has 1 aromatic heterocycles. The number of aromatic nitrogens is 1. The van der Waals surface area contributed by atoms with Gasteiger partial charge in [-0.15, -0.1) is 0 Å². The predicted octanol–water partition coefficient (Wildman–Crippen LogP) is 4.21. The maximum Gasteiger partial charge on any atom is 0.417 e. The Labute approximate surface area is 165 Å². The molecule has 2 aliphatic rings. The summed E-state index contributed by atoms with van der Waals surface area (Å²) >= 11 is 6.23. The molecule has 2 atom stereocenters. The zero-order valence-corrected chi connectivity index (χ0v) is 15.7. The summed E-state index contributed by atoms with van der Waals surface area (Å²) in [4.78, 5) is 20.5. The highest BCUT2D eigenvalue weighted by Crippen LogP contribution is 2.50. The average Bonchev–Trinajstić information content (AvgIpc) is 3.48. The molecule has 2 fully saturated rings. The number of anilines is 1. The van der Waals surface area contributed by atoms with E-state index in [0.29, 0.717) is 37.0 Å². The van der Waals surface area contributed by atoms with Crippen LogP contribution in [0.15, 0.2) is 42.6 Å². The van der Waals surface area contributed by atoms with E-state index in [1.165, 1.54) is 6.07 Å². The van der Waals surface area contributed by atoms with Crippen LogP contribution in [0.1, 0.15) is 23.5 Å². The van der Waals surface area contributed by atoms with Crippen molar-refractivity contribution in [1.29, 1.82) is 0 Å². The number of piperazine rings is 1. The molecule has 0 bridgehead atoms. The van der Waals surface area contributed by atoms with Gasteiger partial charge in [-0.25, -0.2) is 4.98 Å². The van der Waals surface area contributed by atoms with Crippen molar-refractivity contribution in [2.75, 3.05) is 31.1 Å². The fourth-order valence-corrected chi connectivity index (χ4v) is 3.99. The molecule has 1 saturated heterocycles. The second-order valence-corrected chi connectivity index (χ2v) is 7.59. The number of carbonyl (C=O) groups is 1. The van der Waals surface area contributed by atoms with Gasteiger partial charge >= 0.3 is 6.18 Å². The summed E-state index contributed by atoms with van der Waals surface area (Å²) < 4.78 is 38.0. The molecular weight excluding hydrogens is 391 g/mol. The second kappa shape index (κ2) is 7.28. The molecule has 2 aromatic rings. The highest BCUT2D eigenvalue weighted by atomic mass is 35.5. The van der Waals surface area contributed by atoms with Gasteiger partial charge in [0, 0.05) is 43.3 Å². The Balaban J connectivity index is 1.33. The third-order valence-corrected chi connectivity index (χ3v) is 5.75. The van der Waals surface area contributed by atoms with Crippen molar-refractivity contribution in [1.82, 2.24) is 9.88 Å². The highest BCUT2D eigenvalue weighted by molar-refractivity contribution is 6.31. The molecule has 0 N–H and O–H groups in total. The van der Waals surface area contributed by atoms with Gasteiger partial charge in [-0.05, 0) is 36.1 Å². The fraction of sp³-hybridized carbons (Fsp3) is 0.400. The molecule has 1 aromatic carbocycles. The third-order valence-electron chi connectivity index (χ3n) is 5.40. The zero-order valence-electron chi connectivity index (χ0n) is 15.0. The van der Waals surface area contributed by atoms with E-state index in [4.69, 9.17) is 11.6 Å². The van der Waals surface area contributed by atoms with Crippen LogP contribution in [0.5, 0.6) is 0 Å². The summed E-state index contributed by atoms with van der Waals surface area (Å²) in [6.07, 6.45) is -2.73. The quantitative estimate of drug-likeness (QED) is 0.762. The van der Waals surface area contributed by atoms with Crippen molar-refractivity contribution in [2.24, 2.45) is 5.92 Å². The second-order valence-electron chi connectivity index (χ2n) is 7.19. The fourth-order valence-electron chi connectivity index (χ4n) is 3.72. The number of benzene rings is 1. The molecule has 1 aliphatic heterocycles. The van der Waals surface area contributed by atoms with Crippen LogP contribution in [0, 0.1) is 5.92 Å². The van der Waals surface area contributed by atoms with Crippen molar-refractivity contribution in [3.63, 3.8) is 0 Å². The van der Waals surface area contributed by atoms with Crippen LogP contribution in [-0.4, -0.2) is 42.0 Å². The van der Waals surface area contributed by atoms with E-state index in [-0.39, 0.29) is 17.7 Å². The average molecular weight is 410 g/mol. The highest BCUT2D eigenvalue weighted by Gasteiger charge is 2.46. The predicted molar refractivity (Wildman–Crippen MR) is 100 cm³/mol. The van der Waals surface area contributed by atoms with Crippen LogP contribution in [0.4, 0.5) is 19.0 Å². The van der Waals surface area contributed by atoms with Gasteiger partial charge in [0.1, 0.15) is 5.82 Å². The number of rotatable bonds is 3. The third kappa shape index (κ3) is 3.81. The van der Waals surface area contributed by atoms with Gasteiger partial charge < -0.3 is 9.80 Å². The smallest absolute Gasteiger partial charge is 0.353 e. The Morgan fingerprint density at radius 3 is 2.39 bits per heavy atom. The summed E-state index contributed by atoms with van der Waals surface area (Å²) in [6.45, 7) is 2.17. The summed E-state index contributed by atoms with van der Waals surface area (Å²) in [5.74, 6) is 0.775. The molecule has 2 unspecified atom stereocenters. The van der Waals surface area contributed by atoms with Crippen molar-refractivity contribution < 1.29 is 18.0 Å². The maximum atomic E-state index is 12.8. The number of nitrogens with zero attached hydrogens (tertiary/aromatic N) is 3. The summed E-state index contributed by atoms with van der Waals surface area (Å²) in [6, 6.07) is 10.0. The van der Waals surface area contributed by atoms with E-state index in [0.717, 1.165) is 24.2 Å². The first kappa shape index (κ1) is 19.1. The zero-order chi connectivity index (χ0) is 19.9. The van der Waals surface area contributed by atoms with E-state index >= 15 is 0 Å². The van der Waals surface area contributed by atoms with Gasteiger partial charge in [-0.3, -0.25) is 4.79 Å². The first-order valence-corrected chi connectivity index (χ1v) is 9.54. The molecule has 2 heterocycles. The first-order valence-electron chi connectivity index (χ1n) is 9.16. The Hall–Kier alpha value is -2.28. The molecule has 0 spiro atoms. The minimum Gasteiger partial charge on any atom is -0.353 e. The van der Waals surface area contributed by atoms with Gasteiger partial charge in [0.25, 0.3) is 0 Å². The van der Waals surface area contributed by atoms with Crippen molar-refractivity contribution >= 4 is 23.3 Å². The van der Waals surface area contributed by atoms with Crippen molar-refractivity contribution in [2.45, 2.75) is 18.5 Å². The lowest BCUT2D eigenvalue weighted by molar-refractivity contribution is -0.138. The minimum atomic E-state index is -4.39. The Bertz CT molecular complexity index is 864. The molecule has 1 aliphatic carbocycles. The van der Waals surface area contributed by atoms with Crippen LogP contribution in [0.2, 0.25) is 5.02 Å². The lowest BCUT2D eigenvalue weighted by Crippen LogP contribution is -2.49. The van der Waals surface area contributed by atoms with E-state index < -0.39 is 11.7 Å². The number of hydrogen-bond acceptors (Lipinski definition) is 3. The minimum absolute atomic E-state index is 0.0318. The van der Waals surface area contributed by atoms with Gasteiger partial charge in [-0.2, -0.15) is 13.2 Å². The van der Waals surface area contributed by atoms with Crippen molar-refractivity contribution in [3.05, 3.63) is 58.7 Å².